The van der Waals surface area contributed by atoms with E-state index >= 15 is 0 Å². The molecule has 7 heteroatoms. The van der Waals surface area contributed by atoms with E-state index in [0.29, 0.717) is 24.5 Å². The molecule has 1 saturated heterocycles. The molecule has 1 unspecified atom stereocenters. The lowest BCUT2D eigenvalue weighted by molar-refractivity contribution is -0.122. The average molecular weight is 388 g/mol. The fourth-order valence-corrected chi connectivity index (χ4v) is 4.55. The highest BCUT2D eigenvalue weighted by molar-refractivity contribution is 7.89. The molecule has 1 aliphatic rings. The van der Waals surface area contributed by atoms with Gasteiger partial charge in [-0.05, 0) is 50.1 Å². The van der Waals surface area contributed by atoms with Crippen molar-refractivity contribution < 1.29 is 17.9 Å². The van der Waals surface area contributed by atoms with E-state index in [-0.39, 0.29) is 10.8 Å². The van der Waals surface area contributed by atoms with Crippen LogP contribution in [0.5, 0.6) is 5.75 Å². The van der Waals surface area contributed by atoms with Crippen molar-refractivity contribution in [2.45, 2.75) is 37.2 Å². The van der Waals surface area contributed by atoms with Crippen LogP contribution in [0.15, 0.2) is 59.5 Å². The van der Waals surface area contributed by atoms with Crippen molar-refractivity contribution in [3.63, 3.8) is 0 Å². The molecule has 3 rings (SSSR count). The molecule has 6 nitrogen and oxygen atoms in total. The van der Waals surface area contributed by atoms with Gasteiger partial charge in [0.2, 0.25) is 10.0 Å². The molecule has 1 heterocycles. The highest BCUT2D eigenvalue weighted by atomic mass is 32.2. The Balaban J connectivity index is 1.69. The van der Waals surface area contributed by atoms with Crippen molar-refractivity contribution in [2.24, 2.45) is 0 Å². The Morgan fingerprint density at radius 1 is 1.04 bits per heavy atom. The number of anilines is 1. The number of carbonyl (C=O) groups excluding carboxylic acids is 1. The summed E-state index contributed by atoms with van der Waals surface area (Å²) in [5, 5.41) is 2.73. The van der Waals surface area contributed by atoms with Crippen LogP contribution in [-0.4, -0.2) is 37.8 Å². The van der Waals surface area contributed by atoms with E-state index in [1.165, 1.54) is 10.4 Å². The zero-order chi connectivity index (χ0) is 19.3. The Morgan fingerprint density at radius 3 is 2.44 bits per heavy atom. The van der Waals surface area contributed by atoms with Crippen molar-refractivity contribution in [3.05, 3.63) is 54.6 Å². The lowest BCUT2D eigenvalue weighted by Gasteiger charge is -2.26. The molecule has 0 bridgehead atoms. The second-order valence-electron chi connectivity index (χ2n) is 6.55. The molecular weight excluding hydrogens is 364 g/mol. The Labute approximate surface area is 160 Å². The molecule has 1 aliphatic heterocycles. The quantitative estimate of drug-likeness (QED) is 0.824. The molecule has 0 aromatic heterocycles. The average Bonchev–Trinajstić information content (AvgIpc) is 2.69. The summed E-state index contributed by atoms with van der Waals surface area (Å²) in [6.45, 7) is 2.73. The number of nitrogens with one attached hydrogen (secondary N) is 1. The molecule has 0 radical (unpaired) electrons. The maximum atomic E-state index is 12.8. The normalized spacial score (nSPS) is 16.5. The van der Waals surface area contributed by atoms with Crippen molar-refractivity contribution in [1.82, 2.24) is 4.31 Å². The largest absolute Gasteiger partial charge is 0.481 e. The van der Waals surface area contributed by atoms with Gasteiger partial charge in [0.25, 0.3) is 5.91 Å². The monoisotopic (exact) mass is 388 g/mol. The summed E-state index contributed by atoms with van der Waals surface area (Å²) in [5.74, 6) is 0.257. The number of piperidine rings is 1. The third-order valence-corrected chi connectivity index (χ3v) is 6.37. The van der Waals surface area contributed by atoms with Crippen LogP contribution in [0.4, 0.5) is 5.69 Å². The van der Waals surface area contributed by atoms with Gasteiger partial charge in [0.1, 0.15) is 5.75 Å². The summed E-state index contributed by atoms with van der Waals surface area (Å²) in [6, 6.07) is 15.4. The first-order chi connectivity index (χ1) is 13.0. The van der Waals surface area contributed by atoms with E-state index in [0.717, 1.165) is 19.3 Å². The molecular formula is C20H24N2O4S. The van der Waals surface area contributed by atoms with Crippen LogP contribution in [0.3, 0.4) is 0 Å². The lowest BCUT2D eigenvalue weighted by atomic mass is 10.2. The number of amides is 1. The number of hydrogen-bond donors (Lipinski definition) is 1. The first kappa shape index (κ1) is 19.4. The van der Waals surface area contributed by atoms with Crippen LogP contribution < -0.4 is 10.1 Å². The Bertz CT molecular complexity index is 878. The van der Waals surface area contributed by atoms with Crippen molar-refractivity contribution in [3.8, 4) is 5.75 Å². The molecule has 0 aliphatic carbocycles. The van der Waals surface area contributed by atoms with E-state index in [9.17, 15) is 13.2 Å². The fraction of sp³-hybridized carbons (Fsp3) is 0.350. The second kappa shape index (κ2) is 8.54. The number of para-hydroxylation sites is 1. The van der Waals surface area contributed by atoms with Gasteiger partial charge in [-0.15, -0.1) is 0 Å². The number of ether oxygens (including phenoxy) is 1. The number of nitrogens with zero attached hydrogens (tertiary/aromatic N) is 1. The molecule has 1 atom stereocenters. The zero-order valence-corrected chi connectivity index (χ0v) is 16.1. The lowest BCUT2D eigenvalue weighted by Crippen LogP contribution is -2.35. The predicted octanol–water partition coefficient (Wildman–Crippen LogP) is 3.27. The van der Waals surface area contributed by atoms with Gasteiger partial charge in [0.05, 0.1) is 4.90 Å². The minimum Gasteiger partial charge on any atom is -0.481 e. The van der Waals surface area contributed by atoms with Crippen LogP contribution in [0.2, 0.25) is 0 Å². The maximum Gasteiger partial charge on any atom is 0.265 e. The fourth-order valence-electron chi connectivity index (χ4n) is 2.99. The molecule has 27 heavy (non-hydrogen) atoms. The van der Waals surface area contributed by atoms with Gasteiger partial charge >= 0.3 is 0 Å². The van der Waals surface area contributed by atoms with Crippen LogP contribution in [-0.2, 0) is 14.8 Å². The molecule has 2 aromatic rings. The zero-order valence-electron chi connectivity index (χ0n) is 15.3. The van der Waals surface area contributed by atoms with E-state index in [4.69, 9.17) is 4.74 Å². The molecule has 0 spiro atoms. The maximum absolute atomic E-state index is 12.8. The predicted molar refractivity (Wildman–Crippen MR) is 104 cm³/mol. The number of carbonyl (C=O) groups is 1. The summed E-state index contributed by atoms with van der Waals surface area (Å²) < 4.78 is 32.7. The van der Waals surface area contributed by atoms with Gasteiger partial charge < -0.3 is 10.1 Å². The van der Waals surface area contributed by atoms with E-state index in [2.05, 4.69) is 5.32 Å². The second-order valence-corrected chi connectivity index (χ2v) is 8.49. The first-order valence-electron chi connectivity index (χ1n) is 9.09. The third-order valence-electron chi connectivity index (χ3n) is 4.48. The van der Waals surface area contributed by atoms with Crippen LogP contribution in [0, 0.1) is 0 Å². The van der Waals surface area contributed by atoms with Gasteiger partial charge in [-0.3, -0.25) is 4.79 Å². The van der Waals surface area contributed by atoms with E-state index in [1.54, 1.807) is 37.3 Å². The highest BCUT2D eigenvalue weighted by Crippen LogP contribution is 2.23. The van der Waals surface area contributed by atoms with Gasteiger partial charge in [0, 0.05) is 18.8 Å². The minimum absolute atomic E-state index is 0.193. The van der Waals surface area contributed by atoms with E-state index < -0.39 is 16.1 Å². The first-order valence-corrected chi connectivity index (χ1v) is 10.5. The molecule has 0 saturated carbocycles. The summed E-state index contributed by atoms with van der Waals surface area (Å²) in [4.78, 5) is 12.6. The van der Waals surface area contributed by atoms with Gasteiger partial charge in [-0.1, -0.05) is 30.7 Å². The molecule has 144 valence electrons. The smallest absolute Gasteiger partial charge is 0.265 e. The Kier molecular flexibility index (Phi) is 6.13. The van der Waals surface area contributed by atoms with Crippen molar-refractivity contribution in [2.75, 3.05) is 18.4 Å². The molecule has 1 fully saturated rings. The van der Waals surface area contributed by atoms with Crippen LogP contribution >= 0.6 is 0 Å². The van der Waals surface area contributed by atoms with Gasteiger partial charge in [-0.25, -0.2) is 8.42 Å². The summed E-state index contributed by atoms with van der Waals surface area (Å²) in [7, 11) is -3.54. The number of hydrogen-bond acceptors (Lipinski definition) is 4. The number of sulfonamides is 1. The number of rotatable bonds is 6. The summed E-state index contributed by atoms with van der Waals surface area (Å²) in [6.07, 6.45) is 2.10. The minimum atomic E-state index is -3.54. The molecule has 2 aromatic carbocycles. The third kappa shape index (κ3) is 4.87. The Hall–Kier alpha value is -2.38. The highest BCUT2D eigenvalue weighted by Gasteiger charge is 2.26. The van der Waals surface area contributed by atoms with Gasteiger partial charge in [-0.2, -0.15) is 4.31 Å². The molecule has 1 amide bonds. The van der Waals surface area contributed by atoms with Crippen molar-refractivity contribution in [1.29, 1.82) is 0 Å². The number of benzene rings is 2. The standard InChI is InChI=1S/C20H24N2O4S/c1-16(26-18-10-4-2-5-11-18)20(23)21-17-9-8-12-19(15-17)27(24,25)22-13-6-3-7-14-22/h2,4-5,8-12,15-16H,3,6-7,13-14H2,1H3,(H,21,23). The Morgan fingerprint density at radius 2 is 1.74 bits per heavy atom. The topological polar surface area (TPSA) is 75.7 Å². The van der Waals surface area contributed by atoms with Crippen LogP contribution in [0.1, 0.15) is 26.2 Å². The van der Waals surface area contributed by atoms with Crippen LogP contribution in [0.25, 0.3) is 0 Å². The SMILES string of the molecule is CC(Oc1ccccc1)C(=O)Nc1cccc(S(=O)(=O)N2CCCCC2)c1. The summed E-state index contributed by atoms with van der Waals surface area (Å²) >= 11 is 0. The summed E-state index contributed by atoms with van der Waals surface area (Å²) in [5.41, 5.74) is 0.432. The van der Waals surface area contributed by atoms with Crippen molar-refractivity contribution >= 4 is 21.6 Å². The van der Waals surface area contributed by atoms with Gasteiger partial charge in [0.15, 0.2) is 6.10 Å². The van der Waals surface area contributed by atoms with E-state index in [1.807, 2.05) is 18.2 Å². The molecule has 1 N–H and O–H groups in total.